The van der Waals surface area contributed by atoms with Crippen molar-refractivity contribution in [2.45, 2.75) is 32.7 Å². The van der Waals surface area contributed by atoms with Crippen molar-refractivity contribution in [3.63, 3.8) is 0 Å². The summed E-state index contributed by atoms with van der Waals surface area (Å²) >= 11 is 0. The lowest BCUT2D eigenvalue weighted by Gasteiger charge is -2.27. The van der Waals surface area contributed by atoms with Gasteiger partial charge in [0.25, 0.3) is 5.91 Å². The molecule has 2 heterocycles. The Morgan fingerprint density at radius 2 is 1.86 bits per heavy atom. The molecule has 8 heteroatoms. The van der Waals surface area contributed by atoms with Crippen molar-refractivity contribution in [2.24, 2.45) is 11.8 Å². The van der Waals surface area contributed by atoms with Crippen molar-refractivity contribution in [3.05, 3.63) is 35.4 Å². The van der Waals surface area contributed by atoms with Gasteiger partial charge in [-0.1, -0.05) is 19.1 Å². The van der Waals surface area contributed by atoms with Crippen LogP contribution in [0.2, 0.25) is 0 Å². The van der Waals surface area contributed by atoms with E-state index in [0.29, 0.717) is 43.5 Å². The zero-order valence-electron chi connectivity index (χ0n) is 16.9. The van der Waals surface area contributed by atoms with E-state index in [1.165, 1.54) is 0 Å². The van der Waals surface area contributed by atoms with Crippen LogP contribution in [-0.2, 0) is 16.1 Å². The molecule has 0 aromatic heterocycles. The summed E-state index contributed by atoms with van der Waals surface area (Å²) in [5.74, 6) is 0.822. The maximum Gasteiger partial charge on any atom is 0.254 e. The lowest BCUT2D eigenvalue weighted by Crippen LogP contribution is -2.49. The van der Waals surface area contributed by atoms with Crippen LogP contribution >= 0.6 is 12.4 Å². The van der Waals surface area contributed by atoms with Crippen molar-refractivity contribution in [3.8, 4) is 0 Å². The van der Waals surface area contributed by atoms with Gasteiger partial charge >= 0.3 is 0 Å². The monoisotopic (exact) mass is 422 g/mol. The van der Waals surface area contributed by atoms with E-state index in [0.717, 1.165) is 31.5 Å². The summed E-state index contributed by atoms with van der Waals surface area (Å²) in [5.41, 5.74) is 1.51. The molecule has 2 aliphatic rings. The Morgan fingerprint density at radius 3 is 2.52 bits per heavy atom. The van der Waals surface area contributed by atoms with Crippen LogP contribution < -0.4 is 16.0 Å². The summed E-state index contributed by atoms with van der Waals surface area (Å²) in [6.07, 6.45) is 2.84. The number of piperazine rings is 1. The first-order valence-electron chi connectivity index (χ1n) is 10.2. The first-order valence-corrected chi connectivity index (χ1v) is 10.2. The van der Waals surface area contributed by atoms with Gasteiger partial charge in [-0.15, -0.1) is 12.4 Å². The number of nitrogens with zero attached hydrogens (tertiary/aromatic N) is 1. The van der Waals surface area contributed by atoms with Gasteiger partial charge in [0, 0.05) is 31.6 Å². The number of piperidine rings is 1. The second-order valence-corrected chi connectivity index (χ2v) is 7.82. The summed E-state index contributed by atoms with van der Waals surface area (Å²) in [7, 11) is 0. The van der Waals surface area contributed by atoms with E-state index in [2.05, 4.69) is 22.9 Å². The zero-order valence-corrected chi connectivity index (χ0v) is 17.7. The van der Waals surface area contributed by atoms with E-state index in [-0.39, 0.29) is 36.7 Å². The summed E-state index contributed by atoms with van der Waals surface area (Å²) in [6.45, 7) is 5.83. The molecule has 7 nitrogen and oxygen atoms in total. The van der Waals surface area contributed by atoms with Gasteiger partial charge in [-0.05, 0) is 55.5 Å². The smallest absolute Gasteiger partial charge is 0.254 e. The maximum absolute atomic E-state index is 12.5. The standard InChI is InChI=1S/C21H30N4O3.ClH/c1-15(17-6-8-22-9-7-17)12-19(26)24-13-16-2-4-18(5-3-16)21(28)25-11-10-23-20(27)14-25;/h2-5,15,17,22H,6-14H2,1H3,(H,23,27)(H,24,26);1H. The van der Waals surface area contributed by atoms with Gasteiger partial charge in [0.05, 0.1) is 6.54 Å². The third kappa shape index (κ3) is 6.72. The first-order chi connectivity index (χ1) is 13.5. The fraction of sp³-hybridized carbons (Fsp3) is 0.571. The topological polar surface area (TPSA) is 90.5 Å². The van der Waals surface area contributed by atoms with Crippen LogP contribution in [0.4, 0.5) is 0 Å². The predicted molar refractivity (Wildman–Crippen MR) is 114 cm³/mol. The number of nitrogens with one attached hydrogen (secondary N) is 3. The summed E-state index contributed by atoms with van der Waals surface area (Å²) < 4.78 is 0. The Labute approximate surface area is 178 Å². The molecule has 1 atom stereocenters. The minimum Gasteiger partial charge on any atom is -0.353 e. The molecule has 0 saturated carbocycles. The normalized spacial score (nSPS) is 18.4. The van der Waals surface area contributed by atoms with Crippen LogP contribution in [0.3, 0.4) is 0 Å². The highest BCUT2D eigenvalue weighted by Gasteiger charge is 2.23. The third-order valence-electron chi connectivity index (χ3n) is 5.71. The summed E-state index contributed by atoms with van der Waals surface area (Å²) in [6, 6.07) is 7.23. The van der Waals surface area contributed by atoms with Crippen LogP contribution in [0.5, 0.6) is 0 Å². The highest BCUT2D eigenvalue weighted by atomic mass is 35.5. The fourth-order valence-corrected chi connectivity index (χ4v) is 3.90. The molecule has 3 amide bonds. The zero-order chi connectivity index (χ0) is 19.9. The van der Waals surface area contributed by atoms with Gasteiger partial charge < -0.3 is 20.9 Å². The Hall–Kier alpha value is -2.12. The molecule has 29 heavy (non-hydrogen) atoms. The van der Waals surface area contributed by atoms with E-state index in [1.807, 2.05) is 12.1 Å². The number of amides is 3. The number of benzene rings is 1. The molecule has 0 spiro atoms. The average Bonchev–Trinajstić information content (AvgIpc) is 2.72. The molecular weight excluding hydrogens is 392 g/mol. The number of carbonyl (C=O) groups excluding carboxylic acids is 3. The number of halogens is 1. The van der Waals surface area contributed by atoms with E-state index in [1.54, 1.807) is 17.0 Å². The van der Waals surface area contributed by atoms with Gasteiger partial charge in [0.15, 0.2) is 0 Å². The minimum atomic E-state index is -0.138. The fourth-order valence-electron chi connectivity index (χ4n) is 3.90. The number of carbonyl (C=O) groups is 3. The quantitative estimate of drug-likeness (QED) is 0.645. The van der Waals surface area contributed by atoms with E-state index >= 15 is 0 Å². The van der Waals surface area contributed by atoms with E-state index in [4.69, 9.17) is 0 Å². The molecule has 0 radical (unpaired) electrons. The molecule has 3 N–H and O–H groups in total. The Bertz CT molecular complexity index is 704. The van der Waals surface area contributed by atoms with Crippen LogP contribution in [0.15, 0.2) is 24.3 Å². The number of hydrogen-bond donors (Lipinski definition) is 3. The Morgan fingerprint density at radius 1 is 1.17 bits per heavy atom. The molecular formula is C21H31ClN4O3. The number of hydrogen-bond acceptors (Lipinski definition) is 4. The lowest BCUT2D eigenvalue weighted by molar-refractivity contribution is -0.123. The largest absolute Gasteiger partial charge is 0.353 e. The number of rotatable bonds is 6. The van der Waals surface area contributed by atoms with Gasteiger partial charge in [-0.25, -0.2) is 0 Å². The van der Waals surface area contributed by atoms with Crippen LogP contribution in [0.1, 0.15) is 42.1 Å². The minimum absolute atomic E-state index is 0. The molecule has 0 bridgehead atoms. The molecule has 2 aliphatic heterocycles. The van der Waals surface area contributed by atoms with Gasteiger partial charge in [0.1, 0.15) is 0 Å². The average molecular weight is 423 g/mol. The van der Waals surface area contributed by atoms with Crippen molar-refractivity contribution in [2.75, 3.05) is 32.7 Å². The summed E-state index contributed by atoms with van der Waals surface area (Å²) in [5, 5.41) is 9.05. The van der Waals surface area contributed by atoms with Gasteiger partial charge in [-0.2, -0.15) is 0 Å². The van der Waals surface area contributed by atoms with Crippen molar-refractivity contribution >= 4 is 30.1 Å². The van der Waals surface area contributed by atoms with E-state index in [9.17, 15) is 14.4 Å². The molecule has 2 fully saturated rings. The van der Waals surface area contributed by atoms with Gasteiger partial charge in [-0.3, -0.25) is 14.4 Å². The first kappa shape index (κ1) is 23.2. The maximum atomic E-state index is 12.5. The van der Waals surface area contributed by atoms with Crippen LogP contribution in [-0.4, -0.2) is 55.3 Å². The molecule has 1 aromatic rings. The van der Waals surface area contributed by atoms with Crippen molar-refractivity contribution in [1.82, 2.24) is 20.9 Å². The van der Waals surface area contributed by atoms with Crippen LogP contribution in [0.25, 0.3) is 0 Å². The molecule has 2 saturated heterocycles. The highest BCUT2D eigenvalue weighted by Crippen LogP contribution is 2.24. The molecule has 3 rings (SSSR count). The Kier molecular flexibility index (Phi) is 8.92. The van der Waals surface area contributed by atoms with Crippen LogP contribution in [0, 0.1) is 11.8 Å². The van der Waals surface area contributed by atoms with Crippen molar-refractivity contribution < 1.29 is 14.4 Å². The summed E-state index contributed by atoms with van der Waals surface area (Å²) in [4.78, 5) is 37.7. The highest BCUT2D eigenvalue weighted by molar-refractivity contribution is 5.97. The second kappa shape index (κ2) is 11.2. The Balaban J connectivity index is 0.00000300. The second-order valence-electron chi connectivity index (χ2n) is 7.82. The van der Waals surface area contributed by atoms with Gasteiger partial charge in [0.2, 0.25) is 11.8 Å². The SMILES string of the molecule is CC(CC(=O)NCc1ccc(C(=O)N2CCNC(=O)C2)cc1)C1CCNCC1.Cl. The molecule has 0 aliphatic carbocycles. The molecule has 1 aromatic carbocycles. The molecule has 160 valence electrons. The molecule has 1 unspecified atom stereocenters. The van der Waals surface area contributed by atoms with Crippen molar-refractivity contribution in [1.29, 1.82) is 0 Å². The lowest BCUT2D eigenvalue weighted by atomic mass is 9.84. The third-order valence-corrected chi connectivity index (χ3v) is 5.71. The predicted octanol–water partition coefficient (Wildman–Crippen LogP) is 1.32. The van der Waals surface area contributed by atoms with E-state index < -0.39 is 0 Å².